The lowest BCUT2D eigenvalue weighted by molar-refractivity contribution is 0.472. The Labute approximate surface area is 195 Å². The van der Waals surface area contributed by atoms with Crippen LogP contribution in [-0.2, 0) is 0 Å². The Morgan fingerprint density at radius 3 is 2.12 bits per heavy atom. The van der Waals surface area contributed by atoms with E-state index < -0.39 is 5.63 Å². The van der Waals surface area contributed by atoms with Crippen molar-refractivity contribution in [2.24, 2.45) is 5.10 Å². The number of aryl methyl sites for hydroxylation is 1. The Hall–Kier alpha value is -4.78. The van der Waals surface area contributed by atoms with Crippen LogP contribution in [-0.4, -0.2) is 21.3 Å². The van der Waals surface area contributed by atoms with E-state index in [1.165, 1.54) is 18.3 Å². The third-order valence-electron chi connectivity index (χ3n) is 5.36. The predicted molar refractivity (Wildman–Crippen MR) is 133 cm³/mol. The van der Waals surface area contributed by atoms with Crippen molar-refractivity contribution in [2.45, 2.75) is 6.92 Å². The van der Waals surface area contributed by atoms with Crippen LogP contribution in [0.1, 0.15) is 11.1 Å². The van der Waals surface area contributed by atoms with Crippen LogP contribution in [0.25, 0.3) is 33.5 Å². The molecule has 3 aromatic carbocycles. The zero-order chi connectivity index (χ0) is 23.5. The quantitative estimate of drug-likeness (QED) is 0.213. The van der Waals surface area contributed by atoms with E-state index in [4.69, 9.17) is 4.42 Å². The molecule has 0 amide bonds. The molecule has 2 N–H and O–H groups in total. The van der Waals surface area contributed by atoms with E-state index in [-0.39, 0.29) is 22.8 Å². The zero-order valence-electron chi connectivity index (χ0n) is 18.3. The second-order valence-electron chi connectivity index (χ2n) is 7.69. The molecule has 7 nitrogen and oxygen atoms in total. The number of hydrazone groups is 1. The number of aromatic nitrogens is 2. The Morgan fingerprint density at radius 2 is 1.50 bits per heavy atom. The number of hydrogen-bond donors (Lipinski definition) is 2. The summed E-state index contributed by atoms with van der Waals surface area (Å²) in [5, 5.41) is 15.3. The number of aromatic hydroxyl groups is 1. The number of rotatable bonds is 5. The minimum atomic E-state index is -0.496. The number of anilines is 1. The van der Waals surface area contributed by atoms with Gasteiger partial charge >= 0.3 is 5.63 Å². The maximum absolute atomic E-state index is 11.9. The number of phenols is 1. The first-order valence-electron chi connectivity index (χ1n) is 10.6. The third kappa shape index (κ3) is 4.27. The van der Waals surface area contributed by atoms with Gasteiger partial charge in [-0.05, 0) is 30.7 Å². The molecule has 0 aliphatic rings. The van der Waals surface area contributed by atoms with Gasteiger partial charge in [0.1, 0.15) is 5.75 Å². The first-order chi connectivity index (χ1) is 16.6. The number of nitrogens with one attached hydrogen (secondary N) is 1. The Bertz CT molecular complexity index is 1500. The van der Waals surface area contributed by atoms with Crippen LogP contribution in [0.3, 0.4) is 0 Å². The van der Waals surface area contributed by atoms with Crippen molar-refractivity contribution in [1.82, 2.24) is 9.97 Å². The van der Waals surface area contributed by atoms with Gasteiger partial charge in [0.05, 0.1) is 23.2 Å². The van der Waals surface area contributed by atoms with E-state index >= 15 is 0 Å². The van der Waals surface area contributed by atoms with Crippen LogP contribution in [0.15, 0.2) is 99.2 Å². The van der Waals surface area contributed by atoms with Gasteiger partial charge < -0.3 is 9.52 Å². The maximum atomic E-state index is 11.9. The highest BCUT2D eigenvalue weighted by atomic mass is 16.4. The van der Waals surface area contributed by atoms with E-state index in [1.54, 1.807) is 6.07 Å². The number of benzene rings is 3. The van der Waals surface area contributed by atoms with Crippen LogP contribution in [0.4, 0.5) is 5.95 Å². The molecule has 0 radical (unpaired) electrons. The first-order valence-corrected chi connectivity index (χ1v) is 10.6. The molecule has 0 saturated heterocycles. The highest BCUT2D eigenvalue weighted by molar-refractivity contribution is 6.00. The molecule has 5 aromatic rings. The average Bonchev–Trinajstić information content (AvgIpc) is 2.86. The summed E-state index contributed by atoms with van der Waals surface area (Å²) in [4.78, 5) is 21.1. The Kier molecular flexibility index (Phi) is 5.58. The molecule has 34 heavy (non-hydrogen) atoms. The molecule has 0 aliphatic carbocycles. The van der Waals surface area contributed by atoms with E-state index in [2.05, 4.69) is 20.5 Å². The number of phenolic OH excluding ortho intramolecular Hbond substituents is 1. The summed E-state index contributed by atoms with van der Waals surface area (Å²) in [5.41, 5.74) is 7.02. The standard InChI is InChI=1S/C27H20N4O3/c1-17-14-25(33)34-26-20(17)12-13-24(32)21(26)16-28-31-27-29-22(18-8-4-2-5-9-18)15-23(30-27)19-10-6-3-7-11-19/h2-16,32H,1H3,(H,29,30,31)/b28-16+. The minimum Gasteiger partial charge on any atom is -0.507 e. The summed E-state index contributed by atoms with van der Waals surface area (Å²) in [6, 6.07) is 26.2. The summed E-state index contributed by atoms with van der Waals surface area (Å²) in [7, 11) is 0. The lowest BCUT2D eigenvalue weighted by Crippen LogP contribution is -2.02. The maximum Gasteiger partial charge on any atom is 0.336 e. The van der Waals surface area contributed by atoms with Crippen LogP contribution >= 0.6 is 0 Å². The van der Waals surface area contributed by atoms with E-state index in [0.717, 1.165) is 28.1 Å². The SMILES string of the molecule is Cc1cc(=O)oc2c(/C=N/Nc3nc(-c4ccccc4)cc(-c4ccccc4)n3)c(O)ccc12. The fourth-order valence-electron chi connectivity index (χ4n) is 3.68. The van der Waals surface area contributed by atoms with Crippen molar-refractivity contribution in [3.05, 3.63) is 106 Å². The summed E-state index contributed by atoms with van der Waals surface area (Å²) in [6.45, 7) is 1.81. The van der Waals surface area contributed by atoms with Crippen molar-refractivity contribution < 1.29 is 9.52 Å². The fraction of sp³-hybridized carbons (Fsp3) is 0.0370. The molecular weight excluding hydrogens is 428 g/mol. The van der Waals surface area contributed by atoms with Gasteiger partial charge in [0.25, 0.3) is 0 Å². The van der Waals surface area contributed by atoms with Gasteiger partial charge in [0, 0.05) is 22.6 Å². The van der Waals surface area contributed by atoms with Gasteiger partial charge in [0.15, 0.2) is 5.58 Å². The highest BCUT2D eigenvalue weighted by Gasteiger charge is 2.11. The molecular formula is C27H20N4O3. The highest BCUT2D eigenvalue weighted by Crippen LogP contribution is 2.27. The molecule has 7 heteroatoms. The van der Waals surface area contributed by atoms with Gasteiger partial charge in [-0.2, -0.15) is 5.10 Å². The topological polar surface area (TPSA) is 101 Å². The Morgan fingerprint density at radius 1 is 0.882 bits per heavy atom. The molecule has 0 bridgehead atoms. The normalized spacial score (nSPS) is 11.2. The largest absolute Gasteiger partial charge is 0.507 e. The predicted octanol–water partition coefficient (Wildman–Crippen LogP) is 5.38. The van der Waals surface area contributed by atoms with Crippen LogP contribution < -0.4 is 11.1 Å². The molecule has 0 aliphatic heterocycles. The average molecular weight is 448 g/mol. The van der Waals surface area contributed by atoms with Crippen LogP contribution in [0.5, 0.6) is 5.75 Å². The summed E-state index contributed by atoms with van der Waals surface area (Å²) >= 11 is 0. The summed E-state index contributed by atoms with van der Waals surface area (Å²) in [6.07, 6.45) is 1.39. The number of nitrogens with zero attached hydrogens (tertiary/aromatic N) is 3. The second kappa shape index (κ2) is 8.99. The molecule has 2 heterocycles. The van der Waals surface area contributed by atoms with Gasteiger partial charge in [-0.1, -0.05) is 60.7 Å². The number of fused-ring (bicyclic) bond motifs is 1. The van der Waals surface area contributed by atoms with E-state index in [9.17, 15) is 9.90 Å². The third-order valence-corrected chi connectivity index (χ3v) is 5.36. The lowest BCUT2D eigenvalue weighted by Gasteiger charge is -2.09. The minimum absolute atomic E-state index is 0.0595. The monoisotopic (exact) mass is 448 g/mol. The molecule has 0 atom stereocenters. The molecule has 0 saturated carbocycles. The summed E-state index contributed by atoms with van der Waals surface area (Å²) in [5.74, 6) is 0.226. The molecule has 0 spiro atoms. The molecule has 2 aromatic heterocycles. The van der Waals surface area contributed by atoms with Crippen molar-refractivity contribution in [3.8, 4) is 28.3 Å². The lowest BCUT2D eigenvalue weighted by atomic mass is 10.1. The van der Waals surface area contributed by atoms with Crippen molar-refractivity contribution in [2.75, 3.05) is 5.43 Å². The summed E-state index contributed by atoms with van der Waals surface area (Å²) < 4.78 is 5.35. The van der Waals surface area contributed by atoms with Gasteiger partial charge in [-0.15, -0.1) is 0 Å². The van der Waals surface area contributed by atoms with Crippen molar-refractivity contribution >= 4 is 23.1 Å². The molecule has 0 unspecified atom stereocenters. The van der Waals surface area contributed by atoms with Crippen molar-refractivity contribution in [3.63, 3.8) is 0 Å². The fourth-order valence-corrected chi connectivity index (χ4v) is 3.68. The van der Waals surface area contributed by atoms with Crippen LogP contribution in [0.2, 0.25) is 0 Å². The second-order valence-corrected chi connectivity index (χ2v) is 7.69. The van der Waals surface area contributed by atoms with Crippen molar-refractivity contribution in [1.29, 1.82) is 0 Å². The first kappa shape index (κ1) is 21.1. The van der Waals surface area contributed by atoms with Gasteiger partial charge in [-0.25, -0.2) is 20.2 Å². The van der Waals surface area contributed by atoms with E-state index in [0.29, 0.717) is 5.39 Å². The van der Waals surface area contributed by atoms with Gasteiger partial charge in [0.2, 0.25) is 5.95 Å². The molecule has 0 fully saturated rings. The Balaban J connectivity index is 1.54. The number of hydrogen-bond acceptors (Lipinski definition) is 7. The molecule has 166 valence electrons. The van der Waals surface area contributed by atoms with Gasteiger partial charge in [-0.3, -0.25) is 0 Å². The van der Waals surface area contributed by atoms with Crippen LogP contribution in [0, 0.1) is 6.92 Å². The van der Waals surface area contributed by atoms with E-state index in [1.807, 2.05) is 73.7 Å². The zero-order valence-corrected chi connectivity index (χ0v) is 18.3. The molecule has 5 rings (SSSR count). The smallest absolute Gasteiger partial charge is 0.336 e.